The Balaban J connectivity index is 2.93. The number of aliphatic carboxylic acids is 1. The minimum Gasteiger partial charge on any atom is -0.478 e. The number of carboxylic acids is 1. The van der Waals surface area contributed by atoms with Crippen LogP contribution in [-0.4, -0.2) is 22.8 Å². The van der Waals surface area contributed by atoms with Crippen molar-refractivity contribution in [2.24, 2.45) is 0 Å². The van der Waals surface area contributed by atoms with Gasteiger partial charge in [0.25, 0.3) is 0 Å². The van der Waals surface area contributed by atoms with Crippen molar-refractivity contribution >= 4 is 23.3 Å². The molecule has 0 bridgehead atoms. The molecule has 19 heavy (non-hydrogen) atoms. The molecule has 1 aromatic carbocycles. The second-order valence-corrected chi connectivity index (χ2v) is 4.96. The van der Waals surface area contributed by atoms with Crippen LogP contribution >= 0.6 is 0 Å². The first-order valence-electron chi connectivity index (χ1n) is 5.72. The van der Waals surface area contributed by atoms with Gasteiger partial charge in [0.15, 0.2) is 0 Å². The summed E-state index contributed by atoms with van der Waals surface area (Å²) < 4.78 is 5.11. The normalized spacial score (nSPS) is 10.7. The summed E-state index contributed by atoms with van der Waals surface area (Å²) in [6, 6.07) is 6.52. The molecule has 0 saturated carbocycles. The van der Waals surface area contributed by atoms with Crippen molar-refractivity contribution in [3.05, 3.63) is 36.4 Å². The largest absolute Gasteiger partial charge is 0.478 e. The fourth-order valence-corrected chi connectivity index (χ4v) is 1.38. The average molecular weight is 263 g/mol. The number of carbonyl (C=O) groups is 2. The molecule has 0 fully saturated rings. The summed E-state index contributed by atoms with van der Waals surface area (Å²) in [5.74, 6) is -1.14. The van der Waals surface area contributed by atoms with E-state index in [0.29, 0.717) is 11.3 Å². The highest BCUT2D eigenvalue weighted by atomic mass is 16.6. The van der Waals surface area contributed by atoms with E-state index in [1.54, 1.807) is 45.0 Å². The van der Waals surface area contributed by atoms with Crippen molar-refractivity contribution in [2.75, 3.05) is 5.32 Å². The Bertz CT molecular complexity index is 514. The summed E-state index contributed by atoms with van der Waals surface area (Å²) >= 11 is 0. The maximum absolute atomic E-state index is 11.7. The Morgan fingerprint density at radius 1 is 1.26 bits per heavy atom. The van der Waals surface area contributed by atoms with Gasteiger partial charge in [0, 0.05) is 5.56 Å². The molecule has 0 unspecified atom stereocenters. The molecule has 1 amide bonds. The van der Waals surface area contributed by atoms with E-state index in [-0.39, 0.29) is 5.57 Å². The van der Waals surface area contributed by atoms with E-state index in [1.807, 2.05) is 0 Å². The number of rotatable bonds is 3. The molecular weight excluding hydrogens is 246 g/mol. The van der Waals surface area contributed by atoms with Crippen LogP contribution in [0.3, 0.4) is 0 Å². The molecule has 2 N–H and O–H groups in total. The molecule has 0 aliphatic heterocycles. The molecule has 0 heterocycles. The van der Waals surface area contributed by atoms with E-state index in [0.717, 1.165) is 0 Å². The molecule has 0 aromatic heterocycles. The van der Waals surface area contributed by atoms with Gasteiger partial charge >= 0.3 is 12.1 Å². The third-order valence-corrected chi connectivity index (χ3v) is 2.15. The van der Waals surface area contributed by atoms with Gasteiger partial charge in [-0.3, -0.25) is 5.32 Å². The van der Waals surface area contributed by atoms with E-state index in [2.05, 4.69) is 11.9 Å². The average Bonchev–Trinajstić information content (AvgIpc) is 2.26. The van der Waals surface area contributed by atoms with Gasteiger partial charge in [-0.25, -0.2) is 9.59 Å². The third kappa shape index (κ3) is 4.46. The first-order chi connectivity index (χ1) is 8.70. The number of para-hydroxylation sites is 1. The molecular formula is C14H17NO4. The van der Waals surface area contributed by atoms with Crippen molar-refractivity contribution in [1.29, 1.82) is 0 Å². The van der Waals surface area contributed by atoms with Crippen molar-refractivity contribution in [3.8, 4) is 0 Å². The van der Waals surface area contributed by atoms with E-state index < -0.39 is 17.7 Å². The first kappa shape index (κ1) is 14.8. The maximum atomic E-state index is 11.7. The molecule has 5 heteroatoms. The molecule has 5 nitrogen and oxygen atoms in total. The number of carbonyl (C=O) groups excluding carboxylic acids is 1. The summed E-state index contributed by atoms with van der Waals surface area (Å²) in [7, 11) is 0. The van der Waals surface area contributed by atoms with Gasteiger partial charge < -0.3 is 9.84 Å². The number of nitrogens with one attached hydrogen (secondary N) is 1. The highest BCUT2D eigenvalue weighted by Crippen LogP contribution is 2.23. The molecule has 0 aliphatic rings. The van der Waals surface area contributed by atoms with Crippen molar-refractivity contribution < 1.29 is 19.4 Å². The van der Waals surface area contributed by atoms with Crippen molar-refractivity contribution in [2.45, 2.75) is 26.4 Å². The van der Waals surface area contributed by atoms with E-state index >= 15 is 0 Å². The lowest BCUT2D eigenvalue weighted by atomic mass is 10.1. The summed E-state index contributed by atoms with van der Waals surface area (Å²) in [5, 5.41) is 11.5. The van der Waals surface area contributed by atoms with E-state index in [9.17, 15) is 9.59 Å². The van der Waals surface area contributed by atoms with Gasteiger partial charge in [-0.15, -0.1) is 0 Å². The number of hydrogen-bond donors (Lipinski definition) is 2. The molecule has 0 atom stereocenters. The number of hydrogen-bond acceptors (Lipinski definition) is 3. The molecule has 1 rings (SSSR count). The van der Waals surface area contributed by atoms with E-state index in [4.69, 9.17) is 9.84 Å². The predicted molar refractivity (Wildman–Crippen MR) is 73.0 cm³/mol. The zero-order chi connectivity index (χ0) is 14.6. The summed E-state index contributed by atoms with van der Waals surface area (Å²) in [6.45, 7) is 8.71. The Kier molecular flexibility index (Phi) is 4.32. The molecule has 102 valence electrons. The van der Waals surface area contributed by atoms with Crippen LogP contribution < -0.4 is 5.32 Å². The van der Waals surface area contributed by atoms with Crippen LogP contribution in [0, 0.1) is 0 Å². The van der Waals surface area contributed by atoms with Crippen LogP contribution in [0.5, 0.6) is 0 Å². The smallest absolute Gasteiger partial charge is 0.412 e. The lowest BCUT2D eigenvalue weighted by Gasteiger charge is -2.20. The molecule has 0 spiro atoms. The molecule has 0 radical (unpaired) electrons. The second-order valence-electron chi connectivity index (χ2n) is 4.96. The topological polar surface area (TPSA) is 75.6 Å². The van der Waals surface area contributed by atoms with E-state index in [1.165, 1.54) is 0 Å². The second kappa shape index (κ2) is 5.56. The highest BCUT2D eigenvalue weighted by molar-refractivity contribution is 6.16. The molecule has 1 aromatic rings. The monoisotopic (exact) mass is 263 g/mol. The van der Waals surface area contributed by atoms with Crippen LogP contribution in [0.1, 0.15) is 26.3 Å². The van der Waals surface area contributed by atoms with Crippen molar-refractivity contribution in [1.82, 2.24) is 0 Å². The minimum atomic E-state index is -1.14. The SMILES string of the molecule is C=C(C(=O)O)c1ccccc1NC(=O)OC(C)(C)C. The quantitative estimate of drug-likeness (QED) is 0.821. The Morgan fingerprint density at radius 2 is 1.84 bits per heavy atom. The lowest BCUT2D eigenvalue weighted by Crippen LogP contribution is -2.27. The number of ether oxygens (including phenoxy) is 1. The number of carboxylic acid groups (broad SMARTS) is 1. The van der Waals surface area contributed by atoms with Crippen LogP contribution in [0.15, 0.2) is 30.8 Å². The molecule has 0 aliphatic carbocycles. The van der Waals surface area contributed by atoms with Crippen LogP contribution in [0.4, 0.5) is 10.5 Å². The minimum absolute atomic E-state index is 0.0911. The zero-order valence-electron chi connectivity index (χ0n) is 11.2. The number of benzene rings is 1. The third-order valence-electron chi connectivity index (χ3n) is 2.15. The Hall–Kier alpha value is -2.30. The number of amides is 1. The van der Waals surface area contributed by atoms with Gasteiger partial charge in [0.2, 0.25) is 0 Å². The first-order valence-corrected chi connectivity index (χ1v) is 5.72. The fraction of sp³-hybridized carbons (Fsp3) is 0.286. The molecule has 0 saturated heterocycles. The summed E-state index contributed by atoms with van der Waals surface area (Å²) in [5.41, 5.74) is -0.0142. The van der Waals surface area contributed by atoms with Crippen molar-refractivity contribution in [3.63, 3.8) is 0 Å². The zero-order valence-corrected chi connectivity index (χ0v) is 11.2. The van der Waals surface area contributed by atoms with Gasteiger partial charge in [0.1, 0.15) is 5.60 Å². The van der Waals surface area contributed by atoms with Crippen LogP contribution in [0.2, 0.25) is 0 Å². The Morgan fingerprint density at radius 3 is 2.37 bits per heavy atom. The maximum Gasteiger partial charge on any atom is 0.412 e. The standard InChI is InChI=1S/C14H17NO4/c1-9(12(16)17)10-7-5-6-8-11(10)15-13(18)19-14(2,3)4/h5-8H,1H2,2-4H3,(H,15,18)(H,16,17). The van der Waals surface area contributed by atoms with Gasteiger partial charge in [-0.05, 0) is 26.8 Å². The van der Waals surface area contributed by atoms with Gasteiger partial charge in [-0.1, -0.05) is 24.8 Å². The summed E-state index contributed by atoms with van der Waals surface area (Å²) in [6.07, 6.45) is -0.641. The van der Waals surface area contributed by atoms with Gasteiger partial charge in [0.05, 0.1) is 11.3 Å². The predicted octanol–water partition coefficient (Wildman–Crippen LogP) is 3.13. The highest BCUT2D eigenvalue weighted by Gasteiger charge is 2.18. The van der Waals surface area contributed by atoms with Gasteiger partial charge in [-0.2, -0.15) is 0 Å². The lowest BCUT2D eigenvalue weighted by molar-refractivity contribution is -0.130. The van der Waals surface area contributed by atoms with Crippen LogP contribution in [-0.2, 0) is 9.53 Å². The number of anilines is 1. The Labute approximate surface area is 111 Å². The van der Waals surface area contributed by atoms with Crippen LogP contribution in [0.25, 0.3) is 5.57 Å². The fourth-order valence-electron chi connectivity index (χ4n) is 1.38. The summed E-state index contributed by atoms with van der Waals surface area (Å²) in [4.78, 5) is 22.6.